The summed E-state index contributed by atoms with van der Waals surface area (Å²) in [4.78, 5) is 0. The Morgan fingerprint density at radius 1 is 1.00 bits per heavy atom. The van der Waals surface area contributed by atoms with Crippen molar-refractivity contribution >= 4 is 22.1 Å². The fraction of sp³-hybridized carbons (Fsp3) is 0.294. The molecule has 106 valence electrons. The molecular weight excluding hydrogens is 278 g/mol. The number of aromatic nitrogens is 2. The molecule has 0 atom stereocenters. The summed E-state index contributed by atoms with van der Waals surface area (Å²) in [6.45, 7) is 0.861. The lowest BCUT2D eigenvalue weighted by atomic mass is 10.1. The van der Waals surface area contributed by atoms with E-state index in [1.54, 1.807) is 11.3 Å². The third-order valence-corrected chi connectivity index (χ3v) is 4.72. The van der Waals surface area contributed by atoms with E-state index >= 15 is 0 Å². The van der Waals surface area contributed by atoms with Crippen LogP contribution in [0.25, 0.3) is 10.8 Å². The first-order chi connectivity index (χ1) is 10.4. The van der Waals surface area contributed by atoms with Crippen LogP contribution in [-0.2, 0) is 13.0 Å². The molecule has 0 radical (unpaired) electrons. The summed E-state index contributed by atoms with van der Waals surface area (Å²) in [7, 11) is 0. The maximum atomic E-state index is 4.32. The van der Waals surface area contributed by atoms with Crippen LogP contribution in [0.15, 0.2) is 42.5 Å². The largest absolute Gasteiger partial charge is 0.308 e. The van der Waals surface area contributed by atoms with Crippen molar-refractivity contribution in [2.75, 3.05) is 0 Å². The molecule has 1 aromatic heterocycles. The number of benzene rings is 2. The molecule has 0 saturated heterocycles. The molecule has 1 aliphatic rings. The molecule has 0 bridgehead atoms. The summed E-state index contributed by atoms with van der Waals surface area (Å²) in [6.07, 6.45) is 3.48. The van der Waals surface area contributed by atoms with Crippen LogP contribution in [0.2, 0.25) is 0 Å². The molecule has 0 amide bonds. The van der Waals surface area contributed by atoms with Gasteiger partial charge in [-0.25, -0.2) is 0 Å². The van der Waals surface area contributed by atoms with Gasteiger partial charge in [-0.05, 0) is 29.2 Å². The van der Waals surface area contributed by atoms with E-state index in [9.17, 15) is 0 Å². The second-order valence-corrected chi connectivity index (χ2v) is 6.75. The predicted molar refractivity (Wildman–Crippen MR) is 86.5 cm³/mol. The summed E-state index contributed by atoms with van der Waals surface area (Å²) >= 11 is 1.72. The monoisotopic (exact) mass is 295 g/mol. The van der Waals surface area contributed by atoms with Crippen LogP contribution in [-0.4, -0.2) is 16.2 Å². The van der Waals surface area contributed by atoms with Crippen molar-refractivity contribution in [3.63, 3.8) is 0 Å². The van der Waals surface area contributed by atoms with Gasteiger partial charge < -0.3 is 5.32 Å². The second kappa shape index (κ2) is 5.54. The van der Waals surface area contributed by atoms with Crippen molar-refractivity contribution in [2.24, 2.45) is 0 Å². The Labute approximate surface area is 128 Å². The summed E-state index contributed by atoms with van der Waals surface area (Å²) in [5.74, 6) is 0. The number of hydrogen-bond acceptors (Lipinski definition) is 4. The SMILES string of the molecule is c1ccc2cc(Cc3nnc(CNC4CC4)s3)ccc2c1. The molecule has 0 unspecified atom stereocenters. The Balaban J connectivity index is 1.48. The quantitative estimate of drug-likeness (QED) is 0.782. The van der Waals surface area contributed by atoms with Crippen LogP contribution in [0.4, 0.5) is 0 Å². The molecule has 1 heterocycles. The molecule has 4 heteroatoms. The molecule has 0 aliphatic heterocycles. The first-order valence-electron chi connectivity index (χ1n) is 7.39. The van der Waals surface area contributed by atoms with Gasteiger partial charge in [0.1, 0.15) is 10.0 Å². The predicted octanol–water partition coefficient (Wildman–Crippen LogP) is 3.53. The smallest absolute Gasteiger partial charge is 0.131 e. The topological polar surface area (TPSA) is 37.8 Å². The van der Waals surface area contributed by atoms with E-state index in [2.05, 4.69) is 58.0 Å². The van der Waals surface area contributed by atoms with Crippen LogP contribution in [0.1, 0.15) is 28.4 Å². The fourth-order valence-electron chi connectivity index (χ4n) is 2.47. The van der Waals surface area contributed by atoms with Gasteiger partial charge in [0, 0.05) is 19.0 Å². The van der Waals surface area contributed by atoms with E-state index in [-0.39, 0.29) is 0 Å². The van der Waals surface area contributed by atoms with Crippen molar-refractivity contribution in [3.05, 3.63) is 58.0 Å². The van der Waals surface area contributed by atoms with Gasteiger partial charge in [-0.15, -0.1) is 10.2 Å². The minimum atomic E-state index is 0.720. The van der Waals surface area contributed by atoms with Crippen molar-refractivity contribution in [2.45, 2.75) is 31.8 Å². The van der Waals surface area contributed by atoms with Gasteiger partial charge >= 0.3 is 0 Å². The van der Waals surface area contributed by atoms with Crippen molar-refractivity contribution in [1.82, 2.24) is 15.5 Å². The van der Waals surface area contributed by atoms with E-state index in [4.69, 9.17) is 0 Å². The van der Waals surface area contributed by atoms with Crippen LogP contribution in [0.5, 0.6) is 0 Å². The van der Waals surface area contributed by atoms with E-state index in [0.29, 0.717) is 0 Å². The van der Waals surface area contributed by atoms with Crippen molar-refractivity contribution in [3.8, 4) is 0 Å². The Morgan fingerprint density at radius 3 is 2.67 bits per heavy atom. The normalized spacial score (nSPS) is 14.7. The molecule has 1 N–H and O–H groups in total. The standard InChI is InChI=1S/C17H17N3S/c1-2-4-14-9-12(5-6-13(14)3-1)10-16-19-20-17(21-16)11-18-15-7-8-15/h1-6,9,15,18H,7-8,10-11H2. The molecule has 1 aliphatic carbocycles. The van der Waals surface area contributed by atoms with Gasteiger partial charge in [-0.1, -0.05) is 53.8 Å². The number of rotatable bonds is 5. The van der Waals surface area contributed by atoms with Gasteiger partial charge in [0.15, 0.2) is 0 Å². The summed E-state index contributed by atoms with van der Waals surface area (Å²) in [5.41, 5.74) is 1.30. The summed E-state index contributed by atoms with van der Waals surface area (Å²) in [6, 6.07) is 15.8. The van der Waals surface area contributed by atoms with Crippen LogP contribution in [0, 0.1) is 0 Å². The Hall–Kier alpha value is -1.78. The maximum Gasteiger partial charge on any atom is 0.131 e. The van der Waals surface area contributed by atoms with E-state index < -0.39 is 0 Å². The summed E-state index contributed by atoms with van der Waals surface area (Å²) in [5, 5.41) is 16.8. The Morgan fingerprint density at radius 2 is 1.81 bits per heavy atom. The van der Waals surface area contributed by atoms with Gasteiger partial charge in [-0.2, -0.15) is 0 Å². The number of hydrogen-bond donors (Lipinski definition) is 1. The lowest BCUT2D eigenvalue weighted by Gasteiger charge is -2.01. The molecule has 3 nitrogen and oxygen atoms in total. The van der Waals surface area contributed by atoms with E-state index in [0.717, 1.165) is 29.0 Å². The van der Waals surface area contributed by atoms with Gasteiger partial charge in [0.25, 0.3) is 0 Å². The van der Waals surface area contributed by atoms with E-state index in [1.165, 1.54) is 29.2 Å². The Kier molecular flexibility index (Phi) is 3.41. The molecular formula is C17H17N3S. The molecule has 3 aromatic rings. The van der Waals surface area contributed by atoms with Gasteiger partial charge in [-0.3, -0.25) is 0 Å². The number of nitrogens with zero attached hydrogens (tertiary/aromatic N) is 2. The first kappa shape index (κ1) is 12.9. The van der Waals surface area contributed by atoms with Crippen LogP contribution in [0.3, 0.4) is 0 Å². The molecule has 2 aromatic carbocycles. The fourth-order valence-corrected chi connectivity index (χ4v) is 3.30. The summed E-state index contributed by atoms with van der Waals surface area (Å²) < 4.78 is 0. The zero-order valence-electron chi connectivity index (χ0n) is 11.7. The zero-order chi connectivity index (χ0) is 14.1. The third-order valence-electron chi connectivity index (χ3n) is 3.80. The van der Waals surface area contributed by atoms with Crippen molar-refractivity contribution < 1.29 is 0 Å². The van der Waals surface area contributed by atoms with Crippen LogP contribution < -0.4 is 5.32 Å². The molecule has 0 spiro atoms. The highest BCUT2D eigenvalue weighted by Crippen LogP contribution is 2.22. The van der Waals surface area contributed by atoms with Crippen molar-refractivity contribution in [1.29, 1.82) is 0 Å². The lowest BCUT2D eigenvalue weighted by molar-refractivity contribution is 0.678. The third kappa shape index (κ3) is 3.12. The minimum Gasteiger partial charge on any atom is -0.308 e. The zero-order valence-corrected chi connectivity index (χ0v) is 12.6. The van der Waals surface area contributed by atoms with Gasteiger partial charge in [0.05, 0.1) is 0 Å². The maximum absolute atomic E-state index is 4.32. The average molecular weight is 295 g/mol. The Bertz CT molecular complexity index is 761. The molecule has 4 rings (SSSR count). The number of fused-ring (bicyclic) bond motifs is 1. The minimum absolute atomic E-state index is 0.720. The highest BCUT2D eigenvalue weighted by molar-refractivity contribution is 7.11. The highest BCUT2D eigenvalue weighted by Gasteiger charge is 2.20. The van der Waals surface area contributed by atoms with E-state index in [1.807, 2.05) is 0 Å². The molecule has 1 fully saturated rings. The molecule has 21 heavy (non-hydrogen) atoms. The van der Waals surface area contributed by atoms with Gasteiger partial charge in [0.2, 0.25) is 0 Å². The first-order valence-corrected chi connectivity index (χ1v) is 8.21. The average Bonchev–Trinajstić information content (AvgIpc) is 3.25. The van der Waals surface area contributed by atoms with Crippen LogP contribution >= 0.6 is 11.3 Å². The molecule has 1 saturated carbocycles. The number of nitrogens with one attached hydrogen (secondary N) is 1. The highest BCUT2D eigenvalue weighted by atomic mass is 32.1. The second-order valence-electron chi connectivity index (χ2n) is 5.60. The lowest BCUT2D eigenvalue weighted by Crippen LogP contribution is -2.14.